The van der Waals surface area contributed by atoms with Gasteiger partial charge in [0.1, 0.15) is 17.3 Å². The van der Waals surface area contributed by atoms with Crippen molar-refractivity contribution in [1.82, 2.24) is 0 Å². The quantitative estimate of drug-likeness (QED) is 0.523. The van der Waals surface area contributed by atoms with Gasteiger partial charge in [-0.05, 0) is 19.1 Å². The predicted octanol–water partition coefficient (Wildman–Crippen LogP) is 2.36. The van der Waals surface area contributed by atoms with Gasteiger partial charge in [0.15, 0.2) is 5.57 Å². The van der Waals surface area contributed by atoms with E-state index >= 15 is 0 Å². The zero-order valence-corrected chi connectivity index (χ0v) is 12.4. The average molecular weight is 309 g/mol. The fourth-order valence-electron chi connectivity index (χ4n) is 1.84. The number of rotatable bonds is 4. The van der Waals surface area contributed by atoms with E-state index in [1.54, 1.807) is 13.0 Å². The molecule has 0 aliphatic carbocycles. The molecule has 1 fully saturated rings. The summed E-state index contributed by atoms with van der Waals surface area (Å²) in [6, 6.07) is 4.28. The Balaban J connectivity index is 2.25. The van der Waals surface area contributed by atoms with Gasteiger partial charge >= 0.3 is 11.9 Å². The number of esters is 2. The zero-order chi connectivity index (χ0) is 16.3. The Labute approximate surface area is 126 Å². The molecule has 0 atom stereocenters. The van der Waals surface area contributed by atoms with Gasteiger partial charge in [-0.2, -0.15) is 0 Å². The number of ether oxygens (including phenoxy) is 3. The SMILES string of the molecule is CCOc1cccc(F)c1NC=C1C(=O)OC(C)(C)OC1=O. The summed E-state index contributed by atoms with van der Waals surface area (Å²) >= 11 is 0. The highest BCUT2D eigenvalue weighted by Crippen LogP contribution is 2.28. The molecule has 0 spiro atoms. The molecule has 0 amide bonds. The molecule has 0 radical (unpaired) electrons. The second kappa shape index (κ2) is 6.05. The highest BCUT2D eigenvalue weighted by atomic mass is 19.1. The van der Waals surface area contributed by atoms with Crippen LogP contribution < -0.4 is 10.1 Å². The molecule has 1 N–H and O–H groups in total. The highest BCUT2D eigenvalue weighted by molar-refractivity contribution is 6.15. The predicted molar refractivity (Wildman–Crippen MR) is 75.5 cm³/mol. The summed E-state index contributed by atoms with van der Waals surface area (Å²) < 4.78 is 29.0. The third-order valence-electron chi connectivity index (χ3n) is 2.75. The van der Waals surface area contributed by atoms with Crippen molar-refractivity contribution in [3.63, 3.8) is 0 Å². The minimum atomic E-state index is -1.32. The minimum absolute atomic E-state index is 0.0160. The molecule has 118 valence electrons. The largest absolute Gasteiger partial charge is 0.492 e. The molecule has 1 aromatic rings. The summed E-state index contributed by atoms with van der Waals surface area (Å²) in [4.78, 5) is 23.6. The zero-order valence-electron chi connectivity index (χ0n) is 12.4. The number of benzene rings is 1. The van der Waals surface area contributed by atoms with Gasteiger partial charge in [-0.15, -0.1) is 0 Å². The molecular weight excluding hydrogens is 293 g/mol. The molecule has 1 aliphatic rings. The summed E-state index contributed by atoms with van der Waals surface area (Å²) in [5.41, 5.74) is -0.340. The monoisotopic (exact) mass is 309 g/mol. The van der Waals surface area contributed by atoms with Crippen LogP contribution in [0.1, 0.15) is 20.8 Å². The van der Waals surface area contributed by atoms with Crippen molar-refractivity contribution in [3.05, 3.63) is 35.8 Å². The van der Waals surface area contributed by atoms with Gasteiger partial charge in [0.2, 0.25) is 0 Å². The van der Waals surface area contributed by atoms with Gasteiger partial charge in [0.05, 0.1) is 6.61 Å². The first-order chi connectivity index (χ1) is 10.3. The first-order valence-electron chi connectivity index (χ1n) is 6.69. The van der Waals surface area contributed by atoms with Gasteiger partial charge < -0.3 is 19.5 Å². The maximum atomic E-state index is 13.8. The lowest BCUT2D eigenvalue weighted by atomic mass is 10.2. The lowest BCUT2D eigenvalue weighted by Gasteiger charge is -2.29. The first kappa shape index (κ1) is 15.8. The van der Waals surface area contributed by atoms with Crippen LogP contribution in [0, 0.1) is 5.82 Å². The van der Waals surface area contributed by atoms with E-state index in [1.807, 2.05) is 0 Å². The van der Waals surface area contributed by atoms with E-state index in [0.29, 0.717) is 6.61 Å². The Bertz CT molecular complexity index is 617. The minimum Gasteiger partial charge on any atom is -0.492 e. The van der Waals surface area contributed by atoms with E-state index in [9.17, 15) is 14.0 Å². The molecule has 0 bridgehead atoms. The third kappa shape index (κ3) is 3.36. The molecule has 7 heteroatoms. The van der Waals surface area contributed by atoms with Gasteiger partial charge in [-0.1, -0.05) is 6.07 Å². The Kier molecular flexibility index (Phi) is 4.35. The van der Waals surface area contributed by atoms with Crippen molar-refractivity contribution >= 4 is 17.6 Å². The van der Waals surface area contributed by atoms with Crippen LogP contribution in [0.3, 0.4) is 0 Å². The van der Waals surface area contributed by atoms with Crippen LogP contribution in [0.4, 0.5) is 10.1 Å². The number of hydrogen-bond acceptors (Lipinski definition) is 6. The van der Waals surface area contributed by atoms with Crippen LogP contribution in [0.25, 0.3) is 0 Å². The molecule has 1 saturated heterocycles. The summed E-state index contributed by atoms with van der Waals surface area (Å²) in [5.74, 6) is -3.33. The fourth-order valence-corrected chi connectivity index (χ4v) is 1.84. The number of para-hydroxylation sites is 1. The Hall–Kier alpha value is -2.57. The van der Waals surface area contributed by atoms with Gasteiger partial charge in [0.25, 0.3) is 5.79 Å². The van der Waals surface area contributed by atoms with E-state index in [0.717, 1.165) is 6.20 Å². The molecular formula is C15H16FNO5. The summed E-state index contributed by atoms with van der Waals surface area (Å²) in [7, 11) is 0. The maximum absolute atomic E-state index is 13.8. The van der Waals surface area contributed by atoms with Gasteiger partial charge in [0, 0.05) is 20.0 Å². The number of carbonyl (C=O) groups is 2. The van der Waals surface area contributed by atoms with Gasteiger partial charge in [-0.3, -0.25) is 0 Å². The van der Waals surface area contributed by atoms with Crippen molar-refractivity contribution in [1.29, 1.82) is 0 Å². The molecule has 1 aliphatic heterocycles. The summed E-state index contributed by atoms with van der Waals surface area (Å²) in [5, 5.41) is 2.56. The molecule has 1 heterocycles. The molecule has 6 nitrogen and oxygen atoms in total. The number of halogens is 1. The van der Waals surface area contributed by atoms with Crippen molar-refractivity contribution in [2.45, 2.75) is 26.6 Å². The van der Waals surface area contributed by atoms with Gasteiger partial charge in [-0.25, -0.2) is 14.0 Å². The molecule has 0 aromatic heterocycles. The summed E-state index contributed by atoms with van der Waals surface area (Å²) in [6.07, 6.45) is 1.04. The van der Waals surface area contributed by atoms with E-state index in [4.69, 9.17) is 14.2 Å². The van der Waals surface area contributed by atoms with Crippen molar-refractivity contribution in [2.24, 2.45) is 0 Å². The Morgan fingerprint density at radius 3 is 2.50 bits per heavy atom. The maximum Gasteiger partial charge on any atom is 0.350 e. The normalized spacial score (nSPS) is 16.6. The Morgan fingerprint density at radius 1 is 1.27 bits per heavy atom. The standard InChI is InChI=1S/C15H16FNO5/c1-4-20-11-7-5-6-10(16)12(11)17-8-9-13(18)21-15(2,3)22-14(9)19/h5-8,17H,4H2,1-3H3. The second-order valence-corrected chi connectivity index (χ2v) is 4.93. The number of anilines is 1. The van der Waals surface area contributed by atoms with Crippen LogP contribution in [-0.4, -0.2) is 24.3 Å². The summed E-state index contributed by atoms with van der Waals surface area (Å²) in [6.45, 7) is 4.98. The smallest absolute Gasteiger partial charge is 0.350 e. The third-order valence-corrected chi connectivity index (χ3v) is 2.75. The number of carbonyl (C=O) groups excluding carboxylic acids is 2. The molecule has 2 rings (SSSR count). The van der Waals surface area contributed by atoms with Crippen LogP contribution in [-0.2, 0) is 19.1 Å². The molecule has 1 aromatic carbocycles. The van der Waals surface area contributed by atoms with Crippen LogP contribution in [0.15, 0.2) is 30.0 Å². The van der Waals surface area contributed by atoms with E-state index in [-0.39, 0.29) is 17.0 Å². The topological polar surface area (TPSA) is 73.9 Å². The average Bonchev–Trinajstić information content (AvgIpc) is 2.39. The van der Waals surface area contributed by atoms with Crippen molar-refractivity contribution < 1.29 is 28.2 Å². The number of nitrogens with one attached hydrogen (secondary N) is 1. The van der Waals surface area contributed by atoms with E-state index < -0.39 is 23.5 Å². The lowest BCUT2D eigenvalue weighted by Crippen LogP contribution is -2.42. The molecule has 0 saturated carbocycles. The lowest BCUT2D eigenvalue weighted by molar-refractivity contribution is -0.222. The highest BCUT2D eigenvalue weighted by Gasteiger charge is 2.39. The van der Waals surface area contributed by atoms with Crippen LogP contribution >= 0.6 is 0 Å². The Morgan fingerprint density at radius 2 is 1.91 bits per heavy atom. The second-order valence-electron chi connectivity index (χ2n) is 4.93. The first-order valence-corrected chi connectivity index (χ1v) is 6.69. The number of cyclic esters (lactones) is 2. The van der Waals surface area contributed by atoms with Crippen molar-refractivity contribution in [3.8, 4) is 5.75 Å². The number of hydrogen-bond donors (Lipinski definition) is 1. The molecule has 22 heavy (non-hydrogen) atoms. The van der Waals surface area contributed by atoms with Crippen LogP contribution in [0.2, 0.25) is 0 Å². The van der Waals surface area contributed by atoms with E-state index in [1.165, 1.54) is 26.0 Å². The van der Waals surface area contributed by atoms with Crippen LogP contribution in [0.5, 0.6) is 5.75 Å². The molecule has 0 unspecified atom stereocenters. The fraction of sp³-hybridized carbons (Fsp3) is 0.333. The van der Waals surface area contributed by atoms with E-state index in [2.05, 4.69) is 5.32 Å². The van der Waals surface area contributed by atoms with Crippen molar-refractivity contribution in [2.75, 3.05) is 11.9 Å².